The first-order valence-corrected chi connectivity index (χ1v) is 7.43. The molecule has 1 heterocycles. The number of likely N-dealkylation sites (N-methyl/N-ethyl adjacent to an activating group) is 1. The minimum atomic E-state index is -0.106. The number of nitrogens with zero attached hydrogens (tertiary/aromatic N) is 2. The molecule has 1 N–H and O–H groups in total. The lowest BCUT2D eigenvalue weighted by atomic mass is 10.1. The Balaban J connectivity index is 2.14. The summed E-state index contributed by atoms with van der Waals surface area (Å²) < 4.78 is 5.19. The van der Waals surface area contributed by atoms with Gasteiger partial charge in [0.05, 0.1) is 7.11 Å². The first kappa shape index (κ1) is 15.6. The van der Waals surface area contributed by atoms with E-state index in [-0.39, 0.29) is 11.9 Å². The number of methoxy groups -OCH3 is 1. The summed E-state index contributed by atoms with van der Waals surface area (Å²) >= 11 is 0. The molecule has 1 aliphatic heterocycles. The molecule has 1 unspecified atom stereocenters. The van der Waals surface area contributed by atoms with Crippen molar-refractivity contribution in [2.45, 2.75) is 25.9 Å². The molecule has 0 aliphatic carbocycles. The molecule has 0 radical (unpaired) electrons. The van der Waals surface area contributed by atoms with Gasteiger partial charge in [-0.2, -0.15) is 0 Å². The minimum Gasteiger partial charge on any atom is -0.497 e. The third-order valence-corrected chi connectivity index (χ3v) is 4.07. The van der Waals surface area contributed by atoms with E-state index in [0.717, 1.165) is 24.5 Å². The number of carbonyl (C=O) groups excluding carboxylic acids is 1. The molecule has 1 atom stereocenters. The highest BCUT2D eigenvalue weighted by Crippen LogP contribution is 2.23. The van der Waals surface area contributed by atoms with Crippen LogP contribution in [0.4, 0.5) is 5.69 Å². The predicted octanol–water partition coefficient (Wildman–Crippen LogP) is 1.34. The summed E-state index contributed by atoms with van der Waals surface area (Å²) in [6.07, 6.45) is 0. The summed E-state index contributed by atoms with van der Waals surface area (Å²) in [6, 6.07) is 8.27. The van der Waals surface area contributed by atoms with Gasteiger partial charge in [0.15, 0.2) is 0 Å². The van der Waals surface area contributed by atoms with Crippen molar-refractivity contribution in [2.24, 2.45) is 0 Å². The Bertz CT molecular complexity index is 473. The number of hydrogen-bond donors (Lipinski definition) is 1. The van der Waals surface area contributed by atoms with E-state index in [1.165, 1.54) is 0 Å². The lowest BCUT2D eigenvalue weighted by Gasteiger charge is -2.43. The number of benzene rings is 1. The second-order valence-corrected chi connectivity index (χ2v) is 5.61. The molecule has 1 amide bonds. The molecule has 2 rings (SSSR count). The van der Waals surface area contributed by atoms with Crippen LogP contribution in [-0.4, -0.2) is 56.7 Å². The summed E-state index contributed by atoms with van der Waals surface area (Å²) in [7, 11) is 3.37. The Morgan fingerprint density at radius 1 is 1.29 bits per heavy atom. The van der Waals surface area contributed by atoms with Crippen LogP contribution in [0, 0.1) is 0 Å². The SMILES string of the molecule is CNC(=O)C1CN(c2ccc(OC)cc2)CCN1C(C)C. The molecule has 1 fully saturated rings. The number of rotatable bonds is 4. The maximum Gasteiger partial charge on any atom is 0.238 e. The third-order valence-electron chi connectivity index (χ3n) is 4.07. The molecular formula is C16H25N3O2. The van der Waals surface area contributed by atoms with Crippen molar-refractivity contribution in [3.8, 4) is 5.75 Å². The molecule has 1 aromatic rings. The van der Waals surface area contributed by atoms with Crippen LogP contribution in [0.2, 0.25) is 0 Å². The average Bonchev–Trinajstić information content (AvgIpc) is 2.53. The molecule has 5 nitrogen and oxygen atoms in total. The summed E-state index contributed by atoms with van der Waals surface area (Å²) in [4.78, 5) is 16.7. The average molecular weight is 291 g/mol. The maximum absolute atomic E-state index is 12.2. The number of hydrogen-bond acceptors (Lipinski definition) is 4. The van der Waals surface area contributed by atoms with Gasteiger partial charge in [-0.1, -0.05) is 0 Å². The third kappa shape index (κ3) is 3.47. The lowest BCUT2D eigenvalue weighted by Crippen LogP contribution is -2.60. The Labute approximate surface area is 126 Å². The largest absolute Gasteiger partial charge is 0.497 e. The highest BCUT2D eigenvalue weighted by Gasteiger charge is 2.33. The van der Waals surface area contributed by atoms with E-state index >= 15 is 0 Å². The Hall–Kier alpha value is -1.75. The lowest BCUT2D eigenvalue weighted by molar-refractivity contribution is -0.126. The minimum absolute atomic E-state index is 0.0851. The second-order valence-electron chi connectivity index (χ2n) is 5.61. The van der Waals surface area contributed by atoms with Gasteiger partial charge in [0.25, 0.3) is 0 Å². The molecule has 21 heavy (non-hydrogen) atoms. The molecule has 1 saturated heterocycles. The van der Waals surface area contributed by atoms with Crippen LogP contribution in [0.1, 0.15) is 13.8 Å². The first-order chi connectivity index (χ1) is 10.1. The normalized spacial score (nSPS) is 19.7. The van der Waals surface area contributed by atoms with Crippen LogP contribution in [0.15, 0.2) is 24.3 Å². The Morgan fingerprint density at radius 3 is 2.48 bits per heavy atom. The summed E-state index contributed by atoms with van der Waals surface area (Å²) in [6.45, 7) is 6.81. The van der Waals surface area contributed by atoms with Crippen molar-refractivity contribution < 1.29 is 9.53 Å². The molecule has 5 heteroatoms. The predicted molar refractivity (Wildman–Crippen MR) is 84.9 cm³/mol. The molecule has 0 saturated carbocycles. The zero-order valence-corrected chi connectivity index (χ0v) is 13.3. The molecule has 1 aliphatic rings. The van der Waals surface area contributed by atoms with Crippen LogP contribution in [0.25, 0.3) is 0 Å². The molecule has 116 valence electrons. The van der Waals surface area contributed by atoms with E-state index in [9.17, 15) is 4.79 Å². The van der Waals surface area contributed by atoms with Gasteiger partial charge < -0.3 is 15.0 Å². The van der Waals surface area contributed by atoms with Crippen LogP contribution in [0.5, 0.6) is 5.75 Å². The summed E-state index contributed by atoms with van der Waals surface area (Å²) in [5, 5.41) is 2.78. The van der Waals surface area contributed by atoms with Gasteiger partial charge in [-0.15, -0.1) is 0 Å². The number of piperazine rings is 1. The van der Waals surface area contributed by atoms with Crippen LogP contribution in [0.3, 0.4) is 0 Å². The fourth-order valence-corrected chi connectivity index (χ4v) is 2.84. The zero-order valence-electron chi connectivity index (χ0n) is 13.3. The smallest absolute Gasteiger partial charge is 0.238 e. The molecular weight excluding hydrogens is 266 g/mol. The Morgan fingerprint density at radius 2 is 1.95 bits per heavy atom. The van der Waals surface area contributed by atoms with Gasteiger partial charge in [-0.25, -0.2) is 0 Å². The van der Waals surface area contributed by atoms with Gasteiger partial charge >= 0.3 is 0 Å². The van der Waals surface area contributed by atoms with Crippen LogP contribution < -0.4 is 15.0 Å². The van der Waals surface area contributed by atoms with E-state index in [0.29, 0.717) is 12.6 Å². The standard InChI is InChI=1S/C16H25N3O2/c1-12(2)19-10-9-18(11-15(19)16(20)17-3)13-5-7-14(21-4)8-6-13/h5-8,12,15H,9-11H2,1-4H3,(H,17,20). The van der Waals surface area contributed by atoms with Crippen molar-refractivity contribution in [1.29, 1.82) is 0 Å². The van der Waals surface area contributed by atoms with E-state index in [1.807, 2.05) is 24.3 Å². The fraction of sp³-hybridized carbons (Fsp3) is 0.562. The fourth-order valence-electron chi connectivity index (χ4n) is 2.84. The summed E-state index contributed by atoms with van der Waals surface area (Å²) in [5.41, 5.74) is 1.13. The molecule has 0 spiro atoms. The first-order valence-electron chi connectivity index (χ1n) is 7.43. The number of ether oxygens (including phenoxy) is 1. The van der Waals surface area contributed by atoms with Gasteiger partial charge in [-0.3, -0.25) is 9.69 Å². The number of anilines is 1. The van der Waals surface area contributed by atoms with Crippen molar-refractivity contribution in [3.05, 3.63) is 24.3 Å². The number of nitrogens with one attached hydrogen (secondary N) is 1. The topological polar surface area (TPSA) is 44.8 Å². The van der Waals surface area contributed by atoms with E-state index in [1.54, 1.807) is 14.2 Å². The van der Waals surface area contributed by atoms with Gasteiger partial charge in [0.1, 0.15) is 11.8 Å². The molecule has 0 aromatic heterocycles. The summed E-state index contributed by atoms with van der Waals surface area (Å²) in [5.74, 6) is 0.935. The van der Waals surface area contributed by atoms with Crippen molar-refractivity contribution >= 4 is 11.6 Å². The van der Waals surface area contributed by atoms with Gasteiger partial charge in [0.2, 0.25) is 5.91 Å². The zero-order chi connectivity index (χ0) is 15.4. The number of amides is 1. The van der Waals surface area contributed by atoms with Crippen molar-refractivity contribution in [3.63, 3.8) is 0 Å². The second kappa shape index (κ2) is 6.80. The van der Waals surface area contributed by atoms with Crippen LogP contribution >= 0.6 is 0 Å². The monoisotopic (exact) mass is 291 g/mol. The van der Waals surface area contributed by atoms with E-state index in [2.05, 4.69) is 29.0 Å². The maximum atomic E-state index is 12.2. The molecule has 1 aromatic carbocycles. The van der Waals surface area contributed by atoms with Crippen LogP contribution in [-0.2, 0) is 4.79 Å². The highest BCUT2D eigenvalue weighted by molar-refractivity contribution is 5.82. The Kier molecular flexibility index (Phi) is 5.07. The number of carbonyl (C=O) groups is 1. The highest BCUT2D eigenvalue weighted by atomic mass is 16.5. The van der Waals surface area contributed by atoms with Gasteiger partial charge in [0, 0.05) is 38.4 Å². The van der Waals surface area contributed by atoms with Gasteiger partial charge in [-0.05, 0) is 38.1 Å². The van der Waals surface area contributed by atoms with Crippen molar-refractivity contribution in [2.75, 3.05) is 38.7 Å². The molecule has 0 bridgehead atoms. The van der Waals surface area contributed by atoms with Crippen molar-refractivity contribution in [1.82, 2.24) is 10.2 Å². The van der Waals surface area contributed by atoms with E-state index < -0.39 is 0 Å². The van der Waals surface area contributed by atoms with E-state index in [4.69, 9.17) is 4.74 Å². The quantitative estimate of drug-likeness (QED) is 0.909.